The Morgan fingerprint density at radius 1 is 1.29 bits per heavy atom. The van der Waals surface area contributed by atoms with E-state index in [0.717, 1.165) is 0 Å². The fraction of sp³-hybridized carbons (Fsp3) is 0.200. The third-order valence-corrected chi connectivity index (χ3v) is 3.03. The van der Waals surface area contributed by atoms with Gasteiger partial charge in [-0.2, -0.15) is 0 Å². The second kappa shape index (κ2) is 6.13. The van der Waals surface area contributed by atoms with Crippen LogP contribution in [0.25, 0.3) is 0 Å². The first kappa shape index (κ1) is 14.6. The zero-order chi connectivity index (χ0) is 15.4. The molecule has 2 rings (SSSR count). The first-order chi connectivity index (χ1) is 9.97. The van der Waals surface area contributed by atoms with Crippen molar-refractivity contribution < 1.29 is 19.1 Å². The van der Waals surface area contributed by atoms with Crippen LogP contribution in [0.15, 0.2) is 41.0 Å². The highest BCUT2D eigenvalue weighted by Crippen LogP contribution is 2.16. The molecule has 1 unspecified atom stereocenters. The quantitative estimate of drug-likeness (QED) is 0.805. The van der Waals surface area contributed by atoms with E-state index < -0.39 is 5.97 Å². The Kier molecular flexibility index (Phi) is 4.27. The van der Waals surface area contributed by atoms with Gasteiger partial charge in [-0.15, -0.1) is 0 Å². The lowest BCUT2D eigenvalue weighted by molar-refractivity contribution is 0.0696. The number of nitrogens with one attached hydrogen (secondary N) is 2. The molecule has 6 heteroatoms. The van der Waals surface area contributed by atoms with Gasteiger partial charge >= 0.3 is 12.0 Å². The van der Waals surface area contributed by atoms with Crippen molar-refractivity contribution in [2.75, 3.05) is 5.32 Å². The topological polar surface area (TPSA) is 91.6 Å². The molecule has 0 aliphatic heterocycles. The number of furan rings is 1. The maximum atomic E-state index is 11.9. The van der Waals surface area contributed by atoms with Gasteiger partial charge in [0.2, 0.25) is 0 Å². The van der Waals surface area contributed by atoms with E-state index in [4.69, 9.17) is 9.52 Å². The number of urea groups is 1. The molecule has 2 aromatic rings. The van der Waals surface area contributed by atoms with Crippen LogP contribution >= 0.6 is 0 Å². The van der Waals surface area contributed by atoms with E-state index in [-0.39, 0.29) is 17.6 Å². The standard InChI is InChI=1S/C15H16N2O4/c1-9-8-11(5-6-12(9)14(18)19)17-15(20)16-10(2)13-4-3-7-21-13/h3-8,10H,1-2H3,(H,18,19)(H2,16,17,20). The van der Waals surface area contributed by atoms with Crippen LogP contribution in [-0.4, -0.2) is 17.1 Å². The van der Waals surface area contributed by atoms with E-state index in [9.17, 15) is 9.59 Å². The normalized spacial score (nSPS) is 11.7. The highest BCUT2D eigenvalue weighted by atomic mass is 16.4. The van der Waals surface area contributed by atoms with Gasteiger partial charge in [0.25, 0.3) is 0 Å². The van der Waals surface area contributed by atoms with E-state index >= 15 is 0 Å². The maximum Gasteiger partial charge on any atom is 0.335 e. The fourth-order valence-corrected chi connectivity index (χ4v) is 1.95. The van der Waals surface area contributed by atoms with E-state index in [1.807, 2.05) is 0 Å². The second-order valence-electron chi connectivity index (χ2n) is 4.67. The van der Waals surface area contributed by atoms with Crippen molar-refractivity contribution >= 4 is 17.7 Å². The monoisotopic (exact) mass is 288 g/mol. The number of carbonyl (C=O) groups excluding carboxylic acids is 1. The highest BCUT2D eigenvalue weighted by Gasteiger charge is 2.13. The summed E-state index contributed by atoms with van der Waals surface area (Å²) in [4.78, 5) is 22.8. The number of anilines is 1. The van der Waals surface area contributed by atoms with Crippen molar-refractivity contribution in [2.45, 2.75) is 19.9 Å². The van der Waals surface area contributed by atoms with Crippen LogP contribution in [0.1, 0.15) is 34.6 Å². The highest BCUT2D eigenvalue weighted by molar-refractivity contribution is 5.92. The van der Waals surface area contributed by atoms with Crippen molar-refractivity contribution in [1.29, 1.82) is 0 Å². The van der Waals surface area contributed by atoms with Crippen molar-refractivity contribution in [3.63, 3.8) is 0 Å². The number of amides is 2. The van der Waals surface area contributed by atoms with Gasteiger partial charge in [0.1, 0.15) is 5.76 Å². The van der Waals surface area contributed by atoms with Gasteiger partial charge in [-0.3, -0.25) is 0 Å². The minimum absolute atomic E-state index is 0.213. The fourth-order valence-electron chi connectivity index (χ4n) is 1.95. The molecule has 0 radical (unpaired) electrons. The van der Waals surface area contributed by atoms with Crippen molar-refractivity contribution in [3.8, 4) is 0 Å². The van der Waals surface area contributed by atoms with Gasteiger partial charge in [0.05, 0.1) is 17.9 Å². The number of aryl methyl sites for hydroxylation is 1. The Morgan fingerprint density at radius 2 is 2.05 bits per heavy atom. The van der Waals surface area contributed by atoms with Gasteiger partial charge in [0.15, 0.2) is 0 Å². The number of hydrogen-bond acceptors (Lipinski definition) is 3. The number of aromatic carboxylic acids is 1. The third kappa shape index (κ3) is 3.62. The summed E-state index contributed by atoms with van der Waals surface area (Å²) in [5.74, 6) is -0.336. The molecule has 2 amide bonds. The van der Waals surface area contributed by atoms with Crippen LogP contribution in [0, 0.1) is 6.92 Å². The molecule has 0 saturated heterocycles. The molecule has 1 aromatic carbocycles. The van der Waals surface area contributed by atoms with Crippen LogP contribution < -0.4 is 10.6 Å². The van der Waals surface area contributed by atoms with Crippen LogP contribution in [0.3, 0.4) is 0 Å². The van der Waals surface area contributed by atoms with Crippen molar-refractivity contribution in [3.05, 3.63) is 53.5 Å². The summed E-state index contributed by atoms with van der Waals surface area (Å²) < 4.78 is 5.20. The molecular weight excluding hydrogens is 272 g/mol. The summed E-state index contributed by atoms with van der Waals surface area (Å²) in [6.07, 6.45) is 1.54. The van der Waals surface area contributed by atoms with Gasteiger partial charge < -0.3 is 20.2 Å². The summed E-state index contributed by atoms with van der Waals surface area (Å²) >= 11 is 0. The molecule has 0 saturated carbocycles. The number of hydrogen-bond donors (Lipinski definition) is 3. The summed E-state index contributed by atoms with van der Waals surface area (Å²) in [5, 5.41) is 14.3. The predicted octanol–water partition coefficient (Wildman–Crippen LogP) is 3.17. The Labute approximate surface area is 121 Å². The Hall–Kier alpha value is -2.76. The molecular formula is C15H16N2O4. The Morgan fingerprint density at radius 3 is 2.62 bits per heavy atom. The number of carboxylic acid groups (broad SMARTS) is 1. The number of carbonyl (C=O) groups is 2. The van der Waals surface area contributed by atoms with E-state index in [1.165, 1.54) is 6.07 Å². The largest absolute Gasteiger partial charge is 0.478 e. The first-order valence-corrected chi connectivity index (χ1v) is 6.42. The van der Waals surface area contributed by atoms with Gasteiger partial charge in [0, 0.05) is 5.69 Å². The Balaban J connectivity index is 2.00. The van der Waals surface area contributed by atoms with Crippen LogP contribution in [-0.2, 0) is 0 Å². The predicted molar refractivity (Wildman–Crippen MR) is 77.4 cm³/mol. The SMILES string of the molecule is Cc1cc(NC(=O)NC(C)c2ccco2)ccc1C(=O)O. The third-order valence-electron chi connectivity index (χ3n) is 3.03. The molecule has 0 aliphatic carbocycles. The lowest BCUT2D eigenvalue weighted by Crippen LogP contribution is -2.31. The molecule has 1 atom stereocenters. The summed E-state index contributed by atoms with van der Waals surface area (Å²) in [7, 11) is 0. The van der Waals surface area contributed by atoms with Crippen molar-refractivity contribution in [1.82, 2.24) is 5.32 Å². The van der Waals surface area contributed by atoms with Crippen LogP contribution in [0.4, 0.5) is 10.5 Å². The minimum atomic E-state index is -0.991. The van der Waals surface area contributed by atoms with Crippen molar-refractivity contribution in [2.24, 2.45) is 0 Å². The molecule has 1 aromatic heterocycles. The molecule has 0 bridgehead atoms. The molecule has 3 N–H and O–H groups in total. The molecule has 0 spiro atoms. The van der Waals surface area contributed by atoms with Gasteiger partial charge in [-0.25, -0.2) is 9.59 Å². The molecule has 0 aliphatic rings. The van der Waals surface area contributed by atoms with E-state index in [0.29, 0.717) is 17.0 Å². The molecule has 1 heterocycles. The molecule has 0 fully saturated rings. The van der Waals surface area contributed by atoms with E-state index in [1.54, 1.807) is 44.4 Å². The van der Waals surface area contributed by atoms with Crippen LogP contribution in [0.2, 0.25) is 0 Å². The molecule has 6 nitrogen and oxygen atoms in total. The molecule has 21 heavy (non-hydrogen) atoms. The summed E-state index contributed by atoms with van der Waals surface area (Å²) in [6, 6.07) is 7.49. The van der Waals surface area contributed by atoms with Gasteiger partial charge in [-0.05, 0) is 49.7 Å². The average Bonchev–Trinajstić information content (AvgIpc) is 2.91. The zero-order valence-corrected chi connectivity index (χ0v) is 11.7. The van der Waals surface area contributed by atoms with Crippen LogP contribution in [0.5, 0.6) is 0 Å². The zero-order valence-electron chi connectivity index (χ0n) is 11.7. The number of benzene rings is 1. The summed E-state index contributed by atoms with van der Waals surface area (Å²) in [5.41, 5.74) is 1.32. The average molecular weight is 288 g/mol. The Bertz CT molecular complexity index is 650. The number of rotatable bonds is 4. The first-order valence-electron chi connectivity index (χ1n) is 6.42. The number of carboxylic acids is 1. The smallest absolute Gasteiger partial charge is 0.335 e. The lowest BCUT2D eigenvalue weighted by Gasteiger charge is -2.13. The maximum absolute atomic E-state index is 11.9. The van der Waals surface area contributed by atoms with Gasteiger partial charge in [-0.1, -0.05) is 0 Å². The summed E-state index contributed by atoms with van der Waals surface area (Å²) in [6.45, 7) is 3.48. The minimum Gasteiger partial charge on any atom is -0.478 e. The molecule has 110 valence electrons. The second-order valence-corrected chi connectivity index (χ2v) is 4.67. The van der Waals surface area contributed by atoms with E-state index in [2.05, 4.69) is 10.6 Å². The lowest BCUT2D eigenvalue weighted by atomic mass is 10.1.